The van der Waals surface area contributed by atoms with Crippen molar-refractivity contribution in [2.75, 3.05) is 115 Å². The number of methoxy groups -OCH3 is 1. The van der Waals surface area contributed by atoms with Gasteiger partial charge in [-0.25, -0.2) is 13.6 Å². The van der Waals surface area contributed by atoms with E-state index in [0.717, 1.165) is 112 Å². The summed E-state index contributed by atoms with van der Waals surface area (Å²) in [6, 6.07) is 6.77. The van der Waals surface area contributed by atoms with E-state index in [1.807, 2.05) is 54.8 Å². The fraction of sp³-hybridized carbons (Fsp3) is 0.856. The molecule has 0 aliphatic carbocycles. The summed E-state index contributed by atoms with van der Waals surface area (Å²) in [7, 11) is -13.6. The molecule has 0 bridgehead atoms. The molecule has 0 spiro atoms. The van der Waals surface area contributed by atoms with E-state index in [1.54, 1.807) is 28.7 Å². The van der Waals surface area contributed by atoms with Crippen LogP contribution < -0.4 is 21.1 Å². The van der Waals surface area contributed by atoms with Gasteiger partial charge in [-0.05, 0) is 175 Å². The van der Waals surface area contributed by atoms with Gasteiger partial charge in [0.1, 0.15) is 90.6 Å². The number of aliphatic hydroxyl groups is 10. The molecule has 3 fully saturated rings. The first-order valence-electron chi connectivity index (χ1n) is 54.1. The summed E-state index contributed by atoms with van der Waals surface area (Å²) in [5.74, 6) is 6.84. The number of ketones is 3. The monoisotopic (exact) mass is 2230 g/mol. The fourth-order valence-electron chi connectivity index (χ4n) is 15.9. The number of carbonyl (C=O) groups excluding carboxylic acids is 4. The number of unbranched alkanes of at least 4 members (excludes halogenated alkanes) is 7. The lowest BCUT2D eigenvalue weighted by atomic mass is 9.93. The van der Waals surface area contributed by atoms with Crippen molar-refractivity contribution in [2.45, 2.75) is 410 Å². The number of rotatable bonds is 67. The van der Waals surface area contributed by atoms with Crippen molar-refractivity contribution in [3.8, 4) is 5.75 Å². The molecule has 18 atom stereocenters. The molecular formula is C104H200N12O30S4. The van der Waals surface area contributed by atoms with E-state index in [1.165, 1.54) is 108 Å². The number of aromatic nitrogens is 6. The summed E-state index contributed by atoms with van der Waals surface area (Å²) in [4.78, 5) is 50.8. The molecular weight excluding hydrogens is 2030 g/mol. The number of ether oxygens (including phenoxy) is 5. The van der Waals surface area contributed by atoms with Crippen LogP contribution in [0.25, 0.3) is 0 Å². The fourth-order valence-corrected chi connectivity index (χ4v) is 17.8. The van der Waals surface area contributed by atoms with Gasteiger partial charge in [-0.15, -0.1) is 10.2 Å². The Labute approximate surface area is 898 Å². The molecule has 0 radical (unpaired) electrons. The number of nitrogens with two attached hydrogens (primary N) is 1. The Balaban J connectivity index is 0.00000175. The summed E-state index contributed by atoms with van der Waals surface area (Å²) in [5, 5.41) is 121. The number of nitrogens with one attached hydrogen (secondary N) is 2. The second kappa shape index (κ2) is 79.7. The number of Topliss-reactive ketones (excluding diaryl/α,β-unsaturated/α-hetero) is 3. The minimum absolute atomic E-state index is 0.0805. The first-order chi connectivity index (χ1) is 70.1. The first kappa shape index (κ1) is 145. The van der Waals surface area contributed by atoms with Crippen LogP contribution in [0.3, 0.4) is 0 Å². The predicted molar refractivity (Wildman–Crippen MR) is 584 cm³/mol. The summed E-state index contributed by atoms with van der Waals surface area (Å²) < 4.78 is 142. The zero-order valence-corrected chi connectivity index (χ0v) is 97.1. The van der Waals surface area contributed by atoms with Gasteiger partial charge in [-0.3, -0.25) is 32.8 Å². The van der Waals surface area contributed by atoms with Crippen molar-refractivity contribution in [3.05, 3.63) is 53.6 Å². The smallest absolute Gasteiger partial charge is 0.266 e. The van der Waals surface area contributed by atoms with Gasteiger partial charge in [-0.2, -0.15) is 25.3 Å². The number of aliphatic hydroxyl groups excluding tert-OH is 10. The molecule has 3 aromatic rings. The van der Waals surface area contributed by atoms with Gasteiger partial charge in [0.15, 0.2) is 12.1 Å². The Hall–Kier alpha value is -5.27. The summed E-state index contributed by atoms with van der Waals surface area (Å²) in [5.41, 5.74) is 8.79. The van der Waals surface area contributed by atoms with Crippen LogP contribution in [-0.4, -0.2) is 386 Å². The van der Waals surface area contributed by atoms with Gasteiger partial charge < -0.3 is 110 Å². The summed E-state index contributed by atoms with van der Waals surface area (Å²) >= 11 is 0. The molecule has 46 heteroatoms. The molecule has 18 unspecified atom stereocenters. The molecule has 150 heavy (non-hydrogen) atoms. The van der Waals surface area contributed by atoms with Gasteiger partial charge >= 0.3 is 0 Å². The first-order valence-corrected chi connectivity index (χ1v) is 60.8. The van der Waals surface area contributed by atoms with E-state index in [0.29, 0.717) is 108 Å². The maximum atomic E-state index is 12.1. The van der Waals surface area contributed by atoms with Crippen molar-refractivity contribution in [3.63, 3.8) is 0 Å². The maximum absolute atomic E-state index is 12.1. The molecule has 6 rings (SSSR count). The van der Waals surface area contributed by atoms with Crippen LogP contribution in [0.1, 0.15) is 296 Å². The van der Waals surface area contributed by atoms with Crippen molar-refractivity contribution in [2.24, 2.45) is 53.1 Å². The third kappa shape index (κ3) is 70.5. The Morgan fingerprint density at radius 1 is 0.447 bits per heavy atom. The van der Waals surface area contributed by atoms with Crippen molar-refractivity contribution in [1.82, 2.24) is 55.3 Å². The number of aryl methyl sites for hydroxylation is 3. The van der Waals surface area contributed by atoms with Crippen molar-refractivity contribution >= 4 is 69.3 Å². The van der Waals surface area contributed by atoms with Gasteiger partial charge in [0.25, 0.3) is 30.4 Å². The molecule has 42 nitrogen and oxygen atoms in total. The standard InChI is InChI=1S/C20H32O5.C19H33N3O5.C18H33N3O5.C13H28N2O4S.C12H28N2O5S2.C12H24N2O5S.C10H22O/c1-4-16-17(21)18(22)19(23)20(25-16)24-15-11-9-14(10-12-15)8-6-5-7-13(2)3;1-12(2)8-6-4-5-7-9-14-10-20-21-22(14)11-15-16(24)17(25)18(26)19(27-15)13(3)23;1-12(2)8-6-4-5-7-9-13-10-19-20-21(13)11-14-15(22)16(23)17(24)18(25-3)26-14;1-12(2)5-8-15(10-11-20(17,18)19)9-7-14-6-4-13(3)16;1-12(2)4-7-14(9-11-21(17,18)19)8-5-13-6-10-20(3,15)16;1-9(2)4-5-14(6-7-20(17,18)19)12(16)11(13)8-10(3)15;1-4-10(8-11)7-5-6-9(2)3/h9-13,16-23H,4-8H2,1-3H3;10,12,15-19,24-26H,4-9,11H2,1-3H3;10,12,14-18,22-24H,4-9,11H2,1-3H3;12,14H,4-11H2,1-3H3,(H,17,18,19);12-13H,3-11H2,1-2H3,(H,15,16)(H,17,18,19);9,11H,4-8,13H2,1-3H3,(H,17,18,19);9-11H,4-8H2,1-3H3. The molecule has 0 saturated carbocycles. The number of nitrogens with zero attached hydrogens (tertiary/aromatic N) is 9. The molecule has 3 aliphatic rings. The van der Waals surface area contributed by atoms with Crippen LogP contribution in [0.15, 0.2) is 36.7 Å². The predicted octanol–water partition coefficient (Wildman–Crippen LogP) is 8.08. The second-order valence-electron chi connectivity index (χ2n) is 42.9. The summed E-state index contributed by atoms with van der Waals surface area (Å²) in [6.45, 7) is 45.3. The minimum atomic E-state index is -4.14. The van der Waals surface area contributed by atoms with Crippen molar-refractivity contribution < 1.29 is 142 Å². The molecule has 3 saturated heterocycles. The maximum Gasteiger partial charge on any atom is 0.266 e. The van der Waals surface area contributed by atoms with E-state index in [4.69, 9.17) is 52.7 Å². The Morgan fingerprint density at radius 2 is 0.840 bits per heavy atom. The molecule has 1 aromatic carbocycles. The number of hydrogen-bond donors (Lipinski definition) is 17. The van der Waals surface area contributed by atoms with Gasteiger partial charge in [0, 0.05) is 92.0 Å². The number of carbonyl (C=O) groups is 4. The second-order valence-corrected chi connectivity index (χ2v) is 49.6. The lowest BCUT2D eigenvalue weighted by molar-refractivity contribution is -0.292. The van der Waals surface area contributed by atoms with Gasteiger partial charge in [-0.1, -0.05) is 217 Å². The molecule has 5 heterocycles. The average molecular weight is 2230 g/mol. The van der Waals surface area contributed by atoms with Crippen LogP contribution in [0.4, 0.5) is 0 Å². The zero-order valence-electron chi connectivity index (χ0n) is 93.9. The van der Waals surface area contributed by atoms with E-state index in [-0.39, 0.29) is 61.4 Å². The van der Waals surface area contributed by atoms with E-state index in [9.17, 15) is 94.6 Å². The minimum Gasteiger partial charge on any atom is -0.462 e. The summed E-state index contributed by atoms with van der Waals surface area (Å²) in [6.07, 6.45) is 13.2. The topological polar surface area (TPSA) is 638 Å². The Morgan fingerprint density at radius 3 is 1.25 bits per heavy atom. The number of amides is 1. The Bertz CT molecular complexity index is 4480. The van der Waals surface area contributed by atoms with E-state index in [2.05, 4.69) is 127 Å². The van der Waals surface area contributed by atoms with E-state index < -0.39 is 156 Å². The van der Waals surface area contributed by atoms with Crippen LogP contribution in [0.5, 0.6) is 5.75 Å². The zero-order chi connectivity index (χ0) is 114. The highest BCUT2D eigenvalue weighted by Crippen LogP contribution is 2.30. The molecule has 2 aromatic heterocycles. The van der Waals surface area contributed by atoms with Crippen LogP contribution in [0, 0.1) is 47.3 Å². The average Bonchev–Trinajstić information content (AvgIpc) is 1.26. The third-order valence-corrected chi connectivity index (χ3v) is 28.5. The highest BCUT2D eigenvalue weighted by atomic mass is 32.2. The van der Waals surface area contributed by atoms with Crippen LogP contribution in [-0.2, 0) is 111 Å². The molecule has 1 amide bonds. The molecule has 3 aliphatic heterocycles. The van der Waals surface area contributed by atoms with Gasteiger partial charge in [0.2, 0.25) is 12.2 Å². The van der Waals surface area contributed by atoms with Crippen molar-refractivity contribution in [1.29, 1.82) is 0 Å². The lowest BCUT2D eigenvalue weighted by Gasteiger charge is -2.40. The Kier molecular flexibility index (Phi) is 76.9. The quantitative estimate of drug-likeness (QED) is 0.0144. The van der Waals surface area contributed by atoms with Crippen LogP contribution >= 0.6 is 0 Å². The highest BCUT2D eigenvalue weighted by Gasteiger charge is 2.48. The third-order valence-electron chi connectivity index (χ3n) is 25.6. The molecule has 880 valence electrons. The van der Waals surface area contributed by atoms with Gasteiger partial charge in [0.05, 0.1) is 81.8 Å². The van der Waals surface area contributed by atoms with Crippen LogP contribution in [0.2, 0.25) is 0 Å². The number of hydrogen-bond acceptors (Lipinski definition) is 35. The SMILES string of the molecule is C=S(=O)(O)CCNCCN(CCC(C)C)CCS(=O)(=O)O.CC(=O)C1OC(Cn2nncc2CCCCCCC(C)C)C(O)C(O)C1O.CC(=O)CC(N)C(=O)N(CCC(C)C)CCS(=O)(=O)O.CC(=O)CCNCCN(CCC(C)C)CCS(=O)(=O)O.CCC(CO)CCCC(C)C.CCC1OC(Oc2ccc(CCCCC(C)C)cc2)C(O)C(O)C1O.COC1OC(Cn2nncc2CCCCCCC(C)C)C(O)C(O)C1O. The lowest BCUT2D eigenvalue weighted by Crippen LogP contribution is -2.60. The highest BCUT2D eigenvalue weighted by molar-refractivity contribution is 7.95. The number of benzene rings is 1. The molecule has 18 N–H and O–H groups in total. The van der Waals surface area contributed by atoms with E-state index >= 15 is 0 Å². The normalized spacial score (nSPS) is 21.8. The largest absolute Gasteiger partial charge is 0.462 e.